The van der Waals surface area contributed by atoms with Gasteiger partial charge in [-0.3, -0.25) is 14.2 Å². The van der Waals surface area contributed by atoms with Gasteiger partial charge in [-0.2, -0.15) is 0 Å². The van der Waals surface area contributed by atoms with Crippen LogP contribution in [0.5, 0.6) is 0 Å². The summed E-state index contributed by atoms with van der Waals surface area (Å²) in [4.78, 5) is 38.3. The zero-order chi connectivity index (χ0) is 75.4. The number of hydrogen-bond donors (Lipinski definition) is 0. The Morgan fingerprint density at radius 3 is 0.817 bits per heavy atom. The molecule has 600 valence electrons. The molecule has 0 N–H and O–H groups in total. The van der Waals surface area contributed by atoms with Crippen molar-refractivity contribution in [1.82, 2.24) is 0 Å². The van der Waals surface area contributed by atoms with E-state index in [-0.39, 0.29) is 32.0 Å². The number of quaternary nitrogens is 1. The summed E-state index contributed by atoms with van der Waals surface area (Å²) in [6, 6.07) is 0. The maximum absolute atomic E-state index is 12.9. The number of carbonyl (C=O) groups excluding carboxylic acids is 2. The first-order valence-corrected chi connectivity index (χ1v) is 45.4. The topological polar surface area (TPSA) is 111 Å². The first-order valence-electron chi connectivity index (χ1n) is 43.9. The molecule has 0 spiro atoms. The Bertz CT molecular complexity index is 2230. The van der Waals surface area contributed by atoms with E-state index in [1.165, 1.54) is 263 Å². The molecule has 0 radical (unpaired) electrons. The number of phosphoric acid groups is 1. The van der Waals surface area contributed by atoms with E-state index in [4.69, 9.17) is 18.5 Å². The maximum Gasteiger partial charge on any atom is 0.306 e. The largest absolute Gasteiger partial charge is 0.756 e. The zero-order valence-corrected chi connectivity index (χ0v) is 69.6. The van der Waals surface area contributed by atoms with E-state index < -0.39 is 26.5 Å². The SMILES string of the molecule is CC/C=C\C/C=C\C/C=C\C/C=C\C/C=C\C/C=C\C/C=C\C/C=C\CCCCCCCCCCCCCCCCC(=O)OC(COC(=O)CCCCCCCCCCCCCCCCCCCCCCCCCCCC/C=C\C/C=C\C/C=C\CCCCCCC)COP(=O)([O-])OCC[N+](C)(C)C. The lowest BCUT2D eigenvalue weighted by Gasteiger charge is -2.28. The Morgan fingerprint density at radius 2 is 0.548 bits per heavy atom. The molecular weight excluding hydrogens is 1300 g/mol. The summed E-state index contributed by atoms with van der Waals surface area (Å²) in [6.07, 6.45) is 122. The van der Waals surface area contributed by atoms with Gasteiger partial charge in [-0.15, -0.1) is 0 Å². The van der Waals surface area contributed by atoms with Crippen molar-refractivity contribution in [3.63, 3.8) is 0 Å². The second kappa shape index (κ2) is 83.2. The summed E-state index contributed by atoms with van der Waals surface area (Å²) < 4.78 is 34.5. The summed E-state index contributed by atoms with van der Waals surface area (Å²) in [6.45, 7) is 4.16. The molecule has 0 heterocycles. The Hall–Kier alpha value is -3.85. The van der Waals surface area contributed by atoms with Crippen molar-refractivity contribution < 1.29 is 42.1 Å². The minimum atomic E-state index is -4.65. The average molecular weight is 1470 g/mol. The molecule has 0 aliphatic heterocycles. The Morgan fingerprint density at radius 1 is 0.308 bits per heavy atom. The number of carbonyl (C=O) groups is 2. The average Bonchev–Trinajstić information content (AvgIpc) is 0.915. The first kappa shape index (κ1) is 100. The van der Waals surface area contributed by atoms with Gasteiger partial charge in [0.05, 0.1) is 27.7 Å². The summed E-state index contributed by atoms with van der Waals surface area (Å²) in [5.74, 6) is -0.821. The molecule has 0 saturated heterocycles. The molecule has 0 aromatic heterocycles. The molecule has 0 rings (SSSR count). The van der Waals surface area contributed by atoms with Gasteiger partial charge in [0.15, 0.2) is 6.10 Å². The lowest BCUT2D eigenvalue weighted by atomic mass is 10.0. The van der Waals surface area contributed by atoms with Crippen molar-refractivity contribution >= 4 is 19.8 Å². The molecular formula is C94H166NO8P. The van der Waals surface area contributed by atoms with E-state index in [9.17, 15) is 19.0 Å². The third-order valence-corrected chi connectivity index (χ3v) is 20.1. The second-order valence-corrected chi connectivity index (χ2v) is 31.9. The summed E-state index contributed by atoms with van der Waals surface area (Å²) in [5, 5.41) is 0. The van der Waals surface area contributed by atoms with Crippen LogP contribution in [0.25, 0.3) is 0 Å². The van der Waals surface area contributed by atoms with Gasteiger partial charge in [0.1, 0.15) is 19.8 Å². The fourth-order valence-electron chi connectivity index (χ4n) is 12.5. The summed E-state index contributed by atoms with van der Waals surface area (Å²) in [5.41, 5.74) is 0. The highest BCUT2D eigenvalue weighted by Crippen LogP contribution is 2.38. The minimum absolute atomic E-state index is 0.0332. The van der Waals surface area contributed by atoms with Crippen molar-refractivity contribution in [2.24, 2.45) is 0 Å². The number of esters is 2. The molecule has 0 aromatic rings. The molecule has 2 atom stereocenters. The van der Waals surface area contributed by atoms with Gasteiger partial charge in [-0.25, -0.2) is 0 Å². The van der Waals surface area contributed by atoms with E-state index in [0.29, 0.717) is 17.4 Å². The monoisotopic (exact) mass is 1470 g/mol. The van der Waals surface area contributed by atoms with Crippen molar-refractivity contribution in [1.29, 1.82) is 0 Å². The maximum atomic E-state index is 12.9. The molecule has 0 aliphatic carbocycles. The van der Waals surface area contributed by atoms with Gasteiger partial charge < -0.3 is 27.9 Å². The number of allylic oxidation sites excluding steroid dienone is 22. The van der Waals surface area contributed by atoms with Crippen LogP contribution in [0.3, 0.4) is 0 Å². The zero-order valence-electron chi connectivity index (χ0n) is 68.7. The highest BCUT2D eigenvalue weighted by Gasteiger charge is 2.22. The Balaban J connectivity index is 3.92. The normalized spacial score (nSPS) is 13.6. The number of rotatable bonds is 81. The van der Waals surface area contributed by atoms with Gasteiger partial charge >= 0.3 is 11.9 Å². The van der Waals surface area contributed by atoms with Gasteiger partial charge in [0.2, 0.25) is 0 Å². The fourth-order valence-corrected chi connectivity index (χ4v) is 13.2. The fraction of sp³-hybridized carbons (Fsp3) is 0.745. The highest BCUT2D eigenvalue weighted by molar-refractivity contribution is 7.45. The Kier molecular flexibility index (Phi) is 80.1. The molecule has 104 heavy (non-hydrogen) atoms. The third-order valence-electron chi connectivity index (χ3n) is 19.2. The smallest absolute Gasteiger partial charge is 0.306 e. The predicted molar refractivity (Wildman–Crippen MR) is 452 cm³/mol. The van der Waals surface area contributed by atoms with Gasteiger partial charge in [0, 0.05) is 12.8 Å². The van der Waals surface area contributed by atoms with E-state index in [2.05, 4.69) is 148 Å². The summed E-state index contributed by atoms with van der Waals surface area (Å²) in [7, 11) is 1.17. The third kappa shape index (κ3) is 87.1. The minimum Gasteiger partial charge on any atom is -0.756 e. The standard InChI is InChI=1S/C94H166NO8P/c1-6-8-10-12-14-16-18-20-22-24-26-28-30-32-34-36-38-40-42-44-46-47-49-50-52-54-56-58-60-62-64-66-68-70-72-74-76-78-80-82-84-86-93(96)100-90-92(91-102-104(98,99)101-89-88-95(3,4)5)103-94(97)87-85-83-81-79-77-75-73-71-69-67-65-63-61-59-57-55-53-51-48-45-43-41-39-37-35-33-31-29-27-25-23-21-19-17-15-13-11-9-7-2/h9,11,15,17-18,20-21,23-24,26-27,29-30,32-33,35,39,41,45,48,53,55,92H,6-8,10,12-14,16,19,22,25,28,31,34,36-38,40,42-44,46-47,49-52,54,56-91H2,1-5H3/b11-9-,17-15-,20-18-,23-21-,26-24-,29-27-,32-30-,35-33-,41-39-,48-45-,55-53-. The number of ether oxygens (including phenoxy) is 2. The van der Waals surface area contributed by atoms with E-state index in [1.54, 1.807) is 0 Å². The quantitative estimate of drug-likeness (QED) is 0.0195. The number of unbranched alkanes of at least 4 members (excludes halogenated alkanes) is 45. The van der Waals surface area contributed by atoms with Crippen molar-refractivity contribution in [2.75, 3.05) is 47.5 Å². The molecule has 9 nitrogen and oxygen atoms in total. The van der Waals surface area contributed by atoms with E-state index in [0.717, 1.165) is 103 Å². The predicted octanol–water partition coefficient (Wildman–Crippen LogP) is 29.2. The number of likely N-dealkylation sites (N-methyl/N-ethyl adjacent to an activating group) is 1. The number of phosphoric ester groups is 1. The van der Waals surface area contributed by atoms with Crippen LogP contribution >= 0.6 is 7.82 Å². The van der Waals surface area contributed by atoms with Crippen LogP contribution < -0.4 is 4.89 Å². The molecule has 0 aromatic carbocycles. The number of nitrogens with zero attached hydrogens (tertiary/aromatic N) is 1. The molecule has 2 unspecified atom stereocenters. The van der Waals surface area contributed by atoms with Crippen LogP contribution in [-0.4, -0.2) is 70.0 Å². The van der Waals surface area contributed by atoms with Gasteiger partial charge in [-0.1, -0.05) is 404 Å². The first-order chi connectivity index (χ1) is 51.0. The molecule has 0 amide bonds. The lowest BCUT2D eigenvalue weighted by molar-refractivity contribution is -0.870. The second-order valence-electron chi connectivity index (χ2n) is 30.5. The lowest BCUT2D eigenvalue weighted by Crippen LogP contribution is -2.37. The van der Waals surface area contributed by atoms with Gasteiger partial charge in [-0.05, 0) is 116 Å². The highest BCUT2D eigenvalue weighted by atomic mass is 31.2. The number of hydrogen-bond acceptors (Lipinski definition) is 8. The summed E-state index contributed by atoms with van der Waals surface area (Å²) >= 11 is 0. The Labute approximate surface area is 644 Å². The molecule has 0 bridgehead atoms. The van der Waals surface area contributed by atoms with Crippen LogP contribution in [0.4, 0.5) is 0 Å². The van der Waals surface area contributed by atoms with E-state index in [1.807, 2.05) is 21.1 Å². The van der Waals surface area contributed by atoms with Crippen molar-refractivity contribution in [3.8, 4) is 0 Å². The van der Waals surface area contributed by atoms with Gasteiger partial charge in [0.25, 0.3) is 7.82 Å². The van der Waals surface area contributed by atoms with Crippen LogP contribution in [0, 0.1) is 0 Å². The van der Waals surface area contributed by atoms with E-state index >= 15 is 0 Å². The molecule has 0 aliphatic rings. The van der Waals surface area contributed by atoms with Crippen LogP contribution in [0.2, 0.25) is 0 Å². The van der Waals surface area contributed by atoms with Crippen LogP contribution in [0.1, 0.15) is 399 Å². The molecule has 0 saturated carbocycles. The molecule has 0 fully saturated rings. The van der Waals surface area contributed by atoms with Crippen LogP contribution in [0.15, 0.2) is 134 Å². The van der Waals surface area contributed by atoms with Crippen molar-refractivity contribution in [3.05, 3.63) is 134 Å². The molecule has 10 heteroatoms. The van der Waals surface area contributed by atoms with Crippen molar-refractivity contribution in [2.45, 2.75) is 405 Å². The van der Waals surface area contributed by atoms with Crippen LogP contribution in [-0.2, 0) is 32.7 Å².